The molecule has 1 aromatic carbocycles. The van der Waals surface area contributed by atoms with Crippen molar-refractivity contribution in [2.75, 3.05) is 0 Å². The lowest BCUT2D eigenvalue weighted by Gasteiger charge is -2.30. The fraction of sp³-hybridized carbons (Fsp3) is 0.467. The van der Waals surface area contributed by atoms with Crippen LogP contribution in [0.1, 0.15) is 49.0 Å². The number of carboxylic acids is 1. The van der Waals surface area contributed by atoms with Crippen LogP contribution in [0.15, 0.2) is 24.5 Å². The maximum Gasteiger partial charge on any atom is 0.335 e. The van der Waals surface area contributed by atoms with E-state index in [0.717, 1.165) is 11.0 Å². The minimum atomic E-state index is -0.900. The van der Waals surface area contributed by atoms with E-state index < -0.39 is 5.97 Å². The zero-order valence-corrected chi connectivity index (χ0v) is 11.0. The van der Waals surface area contributed by atoms with Gasteiger partial charge in [0.15, 0.2) is 0 Å². The summed E-state index contributed by atoms with van der Waals surface area (Å²) < 4.78 is 2.23. The zero-order chi connectivity index (χ0) is 13.4. The van der Waals surface area contributed by atoms with Crippen LogP contribution >= 0.6 is 0 Å². The fourth-order valence-electron chi connectivity index (χ4n) is 3.14. The van der Waals surface area contributed by atoms with Gasteiger partial charge in [-0.1, -0.05) is 19.8 Å². The maximum atomic E-state index is 11.0. The number of nitrogens with zero attached hydrogens (tertiary/aromatic N) is 2. The number of imidazole rings is 1. The van der Waals surface area contributed by atoms with Crippen LogP contribution in [0.3, 0.4) is 0 Å². The number of aromatic nitrogens is 2. The highest BCUT2D eigenvalue weighted by Crippen LogP contribution is 2.35. The maximum absolute atomic E-state index is 11.0. The van der Waals surface area contributed by atoms with Crippen LogP contribution in [0.4, 0.5) is 0 Å². The van der Waals surface area contributed by atoms with E-state index in [0.29, 0.717) is 17.5 Å². The summed E-state index contributed by atoms with van der Waals surface area (Å²) in [7, 11) is 0. The van der Waals surface area contributed by atoms with Crippen molar-refractivity contribution in [2.24, 2.45) is 5.92 Å². The first-order valence-electron chi connectivity index (χ1n) is 6.86. The second-order valence-corrected chi connectivity index (χ2v) is 5.49. The van der Waals surface area contributed by atoms with Gasteiger partial charge in [-0.05, 0) is 37.0 Å². The van der Waals surface area contributed by atoms with Crippen molar-refractivity contribution in [1.29, 1.82) is 0 Å². The largest absolute Gasteiger partial charge is 0.478 e. The Morgan fingerprint density at radius 1 is 1.37 bits per heavy atom. The van der Waals surface area contributed by atoms with Gasteiger partial charge in [-0.2, -0.15) is 0 Å². The Balaban J connectivity index is 2.03. The number of hydrogen-bond acceptors (Lipinski definition) is 2. The summed E-state index contributed by atoms with van der Waals surface area (Å²) in [5.41, 5.74) is 2.12. The van der Waals surface area contributed by atoms with Gasteiger partial charge >= 0.3 is 5.97 Å². The molecule has 0 amide bonds. The molecule has 1 aliphatic carbocycles. The Kier molecular flexibility index (Phi) is 3.01. The molecule has 1 aromatic heterocycles. The van der Waals surface area contributed by atoms with E-state index in [1.54, 1.807) is 12.1 Å². The van der Waals surface area contributed by atoms with E-state index in [4.69, 9.17) is 5.11 Å². The van der Waals surface area contributed by atoms with E-state index in [1.165, 1.54) is 25.7 Å². The Hall–Kier alpha value is -1.84. The number of fused-ring (bicyclic) bond motifs is 1. The molecule has 1 aliphatic rings. The van der Waals surface area contributed by atoms with Crippen LogP contribution in [-0.2, 0) is 0 Å². The van der Waals surface area contributed by atoms with Crippen LogP contribution in [0.25, 0.3) is 11.0 Å². The third kappa shape index (κ3) is 2.11. The van der Waals surface area contributed by atoms with E-state index in [1.807, 2.05) is 12.4 Å². The molecule has 4 nitrogen and oxygen atoms in total. The van der Waals surface area contributed by atoms with Gasteiger partial charge in [-0.25, -0.2) is 9.78 Å². The molecule has 1 heterocycles. The van der Waals surface area contributed by atoms with Crippen LogP contribution in [0.5, 0.6) is 0 Å². The Bertz CT molecular complexity index is 618. The first-order chi connectivity index (χ1) is 9.16. The lowest BCUT2D eigenvalue weighted by Crippen LogP contribution is -2.20. The van der Waals surface area contributed by atoms with E-state index in [2.05, 4.69) is 16.5 Å². The number of carbonyl (C=O) groups is 1. The van der Waals surface area contributed by atoms with Gasteiger partial charge in [0.25, 0.3) is 0 Å². The first-order valence-corrected chi connectivity index (χ1v) is 6.86. The van der Waals surface area contributed by atoms with Gasteiger partial charge in [0.1, 0.15) is 0 Å². The fourth-order valence-corrected chi connectivity index (χ4v) is 3.14. The number of hydrogen-bond donors (Lipinski definition) is 1. The predicted octanol–water partition coefficient (Wildman–Crippen LogP) is 3.49. The summed E-state index contributed by atoms with van der Waals surface area (Å²) >= 11 is 0. The van der Waals surface area contributed by atoms with Gasteiger partial charge in [0.2, 0.25) is 0 Å². The molecule has 0 aliphatic heterocycles. The standard InChI is InChI=1S/C15H18N2O2/c1-10-4-2-3-5-13(10)17-9-16-12-8-11(15(18)19)6-7-14(12)17/h6-10,13H,2-5H2,1H3,(H,18,19)/t10-,13-/m0/s1. The smallest absolute Gasteiger partial charge is 0.335 e. The number of carboxylic acid groups (broad SMARTS) is 1. The Labute approximate surface area is 112 Å². The van der Waals surface area contributed by atoms with E-state index in [-0.39, 0.29) is 0 Å². The van der Waals surface area contributed by atoms with Crippen LogP contribution in [0.2, 0.25) is 0 Å². The van der Waals surface area contributed by atoms with Crippen molar-refractivity contribution in [3.8, 4) is 0 Å². The molecule has 4 heteroatoms. The average molecular weight is 258 g/mol. The Morgan fingerprint density at radius 2 is 2.16 bits per heavy atom. The van der Waals surface area contributed by atoms with Crippen LogP contribution < -0.4 is 0 Å². The van der Waals surface area contributed by atoms with Crippen molar-refractivity contribution < 1.29 is 9.90 Å². The molecule has 0 radical (unpaired) electrons. The topological polar surface area (TPSA) is 55.1 Å². The minimum absolute atomic E-state index is 0.300. The van der Waals surface area contributed by atoms with Crippen LogP contribution in [-0.4, -0.2) is 20.6 Å². The summed E-state index contributed by atoms with van der Waals surface area (Å²) in [6.07, 6.45) is 6.89. The monoisotopic (exact) mass is 258 g/mol. The lowest BCUT2D eigenvalue weighted by molar-refractivity contribution is 0.0697. The van der Waals surface area contributed by atoms with Crippen molar-refractivity contribution in [3.05, 3.63) is 30.1 Å². The summed E-state index contributed by atoms with van der Waals surface area (Å²) in [5, 5.41) is 9.01. The van der Waals surface area contributed by atoms with Crippen molar-refractivity contribution >= 4 is 17.0 Å². The van der Waals surface area contributed by atoms with Crippen molar-refractivity contribution in [1.82, 2.24) is 9.55 Å². The molecular weight excluding hydrogens is 240 g/mol. The third-order valence-electron chi connectivity index (χ3n) is 4.25. The predicted molar refractivity (Wildman–Crippen MR) is 73.4 cm³/mol. The number of rotatable bonds is 2. The molecule has 19 heavy (non-hydrogen) atoms. The summed E-state index contributed by atoms with van der Waals surface area (Å²) in [6, 6.07) is 5.69. The highest BCUT2D eigenvalue weighted by molar-refractivity contribution is 5.92. The molecule has 0 spiro atoms. The second kappa shape index (κ2) is 4.68. The molecular formula is C15H18N2O2. The third-order valence-corrected chi connectivity index (χ3v) is 4.25. The van der Waals surface area contributed by atoms with Crippen molar-refractivity contribution in [3.63, 3.8) is 0 Å². The molecule has 0 bridgehead atoms. The number of aromatic carboxylic acids is 1. The highest BCUT2D eigenvalue weighted by Gasteiger charge is 2.24. The molecule has 2 aromatic rings. The Morgan fingerprint density at radius 3 is 2.89 bits per heavy atom. The molecule has 1 N–H and O–H groups in total. The normalized spacial score (nSPS) is 23.6. The molecule has 2 atom stereocenters. The molecule has 100 valence electrons. The van der Waals surface area contributed by atoms with E-state index in [9.17, 15) is 4.79 Å². The second-order valence-electron chi connectivity index (χ2n) is 5.49. The highest BCUT2D eigenvalue weighted by atomic mass is 16.4. The molecule has 0 saturated heterocycles. The van der Waals surface area contributed by atoms with Gasteiger partial charge in [0.05, 0.1) is 22.9 Å². The van der Waals surface area contributed by atoms with Gasteiger partial charge in [-0.3, -0.25) is 0 Å². The average Bonchev–Trinajstić information content (AvgIpc) is 2.82. The van der Waals surface area contributed by atoms with E-state index >= 15 is 0 Å². The van der Waals surface area contributed by atoms with Gasteiger partial charge < -0.3 is 9.67 Å². The summed E-state index contributed by atoms with van der Waals surface area (Å²) in [4.78, 5) is 15.3. The first kappa shape index (κ1) is 12.2. The summed E-state index contributed by atoms with van der Waals surface area (Å²) in [5.74, 6) is -0.243. The SMILES string of the molecule is C[C@H]1CCCC[C@@H]1n1cnc2cc(C(=O)O)ccc21. The quantitative estimate of drug-likeness (QED) is 0.897. The molecule has 3 rings (SSSR count). The molecule has 1 saturated carbocycles. The van der Waals surface area contributed by atoms with Crippen LogP contribution in [0, 0.1) is 5.92 Å². The molecule has 1 fully saturated rings. The molecule has 0 unspecified atom stereocenters. The minimum Gasteiger partial charge on any atom is -0.478 e. The van der Waals surface area contributed by atoms with Gasteiger partial charge in [-0.15, -0.1) is 0 Å². The zero-order valence-electron chi connectivity index (χ0n) is 11.0. The number of benzene rings is 1. The summed E-state index contributed by atoms with van der Waals surface area (Å²) in [6.45, 7) is 2.29. The lowest BCUT2D eigenvalue weighted by atomic mass is 9.85. The van der Waals surface area contributed by atoms with Gasteiger partial charge in [0, 0.05) is 6.04 Å². The van der Waals surface area contributed by atoms with Crippen molar-refractivity contribution in [2.45, 2.75) is 38.6 Å².